The van der Waals surface area contributed by atoms with Crippen molar-refractivity contribution in [3.05, 3.63) is 60.2 Å². The molecule has 0 aliphatic carbocycles. The monoisotopic (exact) mass is 503 g/mol. The van der Waals surface area contributed by atoms with E-state index in [0.29, 0.717) is 37.4 Å². The van der Waals surface area contributed by atoms with Crippen LogP contribution < -0.4 is 14.4 Å². The number of ether oxygens (including phenoxy) is 1. The number of carbonyl (C=O) groups excluding carboxylic acids is 2. The number of nitrogens with zero attached hydrogens (tertiary/aromatic N) is 2. The van der Waals surface area contributed by atoms with Crippen LogP contribution in [0.4, 0.5) is 5.69 Å². The molecule has 192 valence electrons. The minimum Gasteiger partial charge on any atom is -0.497 e. The second-order valence-corrected chi connectivity index (χ2v) is 10.3. The summed E-state index contributed by atoms with van der Waals surface area (Å²) in [5.74, 6) is -0.0785. The van der Waals surface area contributed by atoms with Crippen LogP contribution >= 0.6 is 0 Å². The third kappa shape index (κ3) is 8.58. The van der Waals surface area contributed by atoms with Crippen LogP contribution in [0.2, 0.25) is 0 Å². The molecule has 0 aromatic heterocycles. The lowest BCUT2D eigenvalue weighted by Gasteiger charge is -2.33. The lowest BCUT2D eigenvalue weighted by atomic mass is 10.1. The highest BCUT2D eigenvalue weighted by Gasteiger charge is 2.31. The molecule has 8 nitrogen and oxygen atoms in total. The molecule has 1 N–H and O–H groups in total. The largest absolute Gasteiger partial charge is 0.497 e. The molecule has 0 unspecified atom stereocenters. The fourth-order valence-corrected chi connectivity index (χ4v) is 4.61. The molecule has 9 heteroatoms. The molecule has 35 heavy (non-hydrogen) atoms. The first-order chi connectivity index (χ1) is 16.7. The van der Waals surface area contributed by atoms with Gasteiger partial charge in [0, 0.05) is 13.1 Å². The molecule has 0 fully saturated rings. The first-order valence-corrected chi connectivity index (χ1v) is 13.8. The van der Waals surface area contributed by atoms with Crippen LogP contribution in [-0.4, -0.2) is 64.2 Å². The summed E-state index contributed by atoms with van der Waals surface area (Å²) in [5.41, 5.74) is 1.38. The smallest absolute Gasteiger partial charge is 0.244 e. The molecule has 0 saturated heterocycles. The summed E-state index contributed by atoms with van der Waals surface area (Å²) in [6.45, 7) is 4.32. The van der Waals surface area contributed by atoms with E-state index in [2.05, 4.69) is 5.32 Å². The van der Waals surface area contributed by atoms with E-state index in [1.165, 1.54) is 12.0 Å². The molecule has 0 bridgehead atoms. The second-order valence-electron chi connectivity index (χ2n) is 8.36. The highest BCUT2D eigenvalue weighted by molar-refractivity contribution is 7.92. The third-order valence-electron chi connectivity index (χ3n) is 5.74. The van der Waals surface area contributed by atoms with E-state index >= 15 is 0 Å². The molecule has 0 heterocycles. The van der Waals surface area contributed by atoms with Gasteiger partial charge >= 0.3 is 0 Å². The van der Waals surface area contributed by atoms with Crippen molar-refractivity contribution in [2.75, 3.05) is 37.3 Å². The van der Waals surface area contributed by atoms with E-state index in [1.807, 2.05) is 44.2 Å². The summed E-state index contributed by atoms with van der Waals surface area (Å²) in [6, 6.07) is 15.5. The number of unbranched alkanes of at least 4 members (excludes halogenated alkanes) is 1. The Morgan fingerprint density at radius 3 is 2.23 bits per heavy atom. The highest BCUT2D eigenvalue weighted by Crippen LogP contribution is 2.22. The maximum Gasteiger partial charge on any atom is 0.244 e. The number of methoxy groups -OCH3 is 1. The maximum absolute atomic E-state index is 13.6. The zero-order valence-corrected chi connectivity index (χ0v) is 21.9. The van der Waals surface area contributed by atoms with E-state index < -0.39 is 28.5 Å². The minimum absolute atomic E-state index is 0.224. The fraction of sp³-hybridized carbons (Fsp3) is 0.462. The van der Waals surface area contributed by atoms with Gasteiger partial charge in [0.15, 0.2) is 0 Å². The van der Waals surface area contributed by atoms with Crippen LogP contribution in [0, 0.1) is 0 Å². The molecule has 2 aromatic carbocycles. The van der Waals surface area contributed by atoms with Gasteiger partial charge in [-0.3, -0.25) is 13.9 Å². The number of amides is 2. The molecular weight excluding hydrogens is 466 g/mol. The van der Waals surface area contributed by atoms with Crippen molar-refractivity contribution in [3.8, 4) is 5.75 Å². The summed E-state index contributed by atoms with van der Waals surface area (Å²) in [4.78, 5) is 28.1. The fourth-order valence-electron chi connectivity index (χ4n) is 3.76. The molecule has 0 aliphatic heterocycles. The standard InChI is InChI=1S/C26H37N3O5S/c1-5-7-18-27-26(31)24(6-2)28(19-17-21-11-9-8-10-12-21)25(30)20-29(35(4,32)33)22-13-15-23(34-3)16-14-22/h8-16,24H,5-7,17-20H2,1-4H3,(H,27,31)/t24-/m0/s1. The summed E-state index contributed by atoms with van der Waals surface area (Å²) in [6.07, 6.45) is 3.82. The van der Waals surface area contributed by atoms with Crippen molar-refractivity contribution in [3.63, 3.8) is 0 Å². The van der Waals surface area contributed by atoms with Gasteiger partial charge in [0.1, 0.15) is 18.3 Å². The number of rotatable bonds is 14. The van der Waals surface area contributed by atoms with Crippen LogP contribution in [0.1, 0.15) is 38.7 Å². The lowest BCUT2D eigenvalue weighted by molar-refractivity contribution is -0.139. The molecule has 0 saturated carbocycles. The third-order valence-corrected chi connectivity index (χ3v) is 6.88. The predicted octanol–water partition coefficient (Wildman–Crippen LogP) is 3.23. The zero-order chi connectivity index (χ0) is 25.8. The summed E-state index contributed by atoms with van der Waals surface area (Å²) >= 11 is 0. The van der Waals surface area contributed by atoms with E-state index in [4.69, 9.17) is 4.74 Å². The zero-order valence-electron chi connectivity index (χ0n) is 21.1. The molecule has 0 spiro atoms. The Labute approximate surface area is 209 Å². The number of nitrogens with one attached hydrogen (secondary N) is 1. The Morgan fingerprint density at radius 2 is 1.69 bits per heavy atom. The lowest BCUT2D eigenvalue weighted by Crippen LogP contribution is -2.53. The number of carbonyl (C=O) groups is 2. The SMILES string of the molecule is CCCCNC(=O)[C@H](CC)N(CCc1ccccc1)C(=O)CN(c1ccc(OC)cc1)S(C)(=O)=O. The van der Waals surface area contributed by atoms with E-state index in [-0.39, 0.29) is 5.91 Å². The van der Waals surface area contributed by atoms with Gasteiger partial charge in [0.2, 0.25) is 21.8 Å². The van der Waals surface area contributed by atoms with Gasteiger partial charge in [-0.2, -0.15) is 0 Å². The van der Waals surface area contributed by atoms with Gasteiger partial charge in [-0.25, -0.2) is 8.42 Å². The van der Waals surface area contributed by atoms with Gasteiger partial charge in [-0.1, -0.05) is 50.6 Å². The Morgan fingerprint density at radius 1 is 1.03 bits per heavy atom. The van der Waals surface area contributed by atoms with E-state index in [1.54, 1.807) is 24.3 Å². The van der Waals surface area contributed by atoms with Gasteiger partial charge in [-0.15, -0.1) is 0 Å². The van der Waals surface area contributed by atoms with E-state index in [0.717, 1.165) is 29.0 Å². The molecular formula is C26H37N3O5S. The predicted molar refractivity (Wildman–Crippen MR) is 139 cm³/mol. The minimum atomic E-state index is -3.76. The number of hydrogen-bond acceptors (Lipinski definition) is 5. The first-order valence-electron chi connectivity index (χ1n) is 11.9. The molecule has 1 atom stereocenters. The second kappa shape index (κ2) is 13.7. The quantitative estimate of drug-likeness (QED) is 0.400. The summed E-state index contributed by atoms with van der Waals surface area (Å²) < 4.78 is 31.4. The van der Waals surface area contributed by atoms with Crippen LogP contribution in [0.15, 0.2) is 54.6 Å². The Balaban J connectivity index is 2.31. The van der Waals surface area contributed by atoms with Crippen molar-refractivity contribution in [2.24, 2.45) is 0 Å². The normalized spacial score (nSPS) is 12.0. The van der Waals surface area contributed by atoms with Gasteiger partial charge < -0.3 is 15.0 Å². The van der Waals surface area contributed by atoms with Crippen LogP contribution in [0.5, 0.6) is 5.75 Å². The highest BCUT2D eigenvalue weighted by atomic mass is 32.2. The topological polar surface area (TPSA) is 96.0 Å². The van der Waals surface area contributed by atoms with Crippen molar-refractivity contribution in [1.82, 2.24) is 10.2 Å². The van der Waals surface area contributed by atoms with E-state index in [9.17, 15) is 18.0 Å². The molecule has 0 aliphatic rings. The van der Waals surface area contributed by atoms with Crippen molar-refractivity contribution >= 4 is 27.5 Å². The number of anilines is 1. The Hall–Kier alpha value is -3.07. The first kappa shape index (κ1) is 28.2. The van der Waals surface area contributed by atoms with Crippen LogP contribution in [0.25, 0.3) is 0 Å². The summed E-state index contributed by atoms with van der Waals surface area (Å²) in [5, 5.41) is 2.92. The average Bonchev–Trinajstić information content (AvgIpc) is 2.85. The van der Waals surface area contributed by atoms with Crippen LogP contribution in [0.3, 0.4) is 0 Å². The Kier molecular flexibility index (Phi) is 11.0. The number of benzene rings is 2. The van der Waals surface area contributed by atoms with Crippen molar-refractivity contribution in [2.45, 2.75) is 45.6 Å². The van der Waals surface area contributed by atoms with Gasteiger partial charge in [0.05, 0.1) is 19.1 Å². The maximum atomic E-state index is 13.6. The molecule has 2 amide bonds. The Bertz CT molecular complexity index is 1040. The number of sulfonamides is 1. The average molecular weight is 504 g/mol. The van der Waals surface area contributed by atoms with Crippen molar-refractivity contribution < 1.29 is 22.7 Å². The van der Waals surface area contributed by atoms with Crippen LogP contribution in [-0.2, 0) is 26.0 Å². The molecule has 2 aromatic rings. The number of hydrogen-bond donors (Lipinski definition) is 1. The van der Waals surface area contributed by atoms with Gasteiger partial charge in [-0.05, 0) is 49.1 Å². The molecule has 2 rings (SSSR count). The summed E-state index contributed by atoms with van der Waals surface area (Å²) in [7, 11) is -2.24. The van der Waals surface area contributed by atoms with Crippen molar-refractivity contribution in [1.29, 1.82) is 0 Å². The molecule has 0 radical (unpaired) electrons. The van der Waals surface area contributed by atoms with Gasteiger partial charge in [0.25, 0.3) is 0 Å².